The van der Waals surface area contributed by atoms with E-state index in [2.05, 4.69) is 11.4 Å². The van der Waals surface area contributed by atoms with Crippen LogP contribution in [0.4, 0.5) is 14.8 Å². The van der Waals surface area contributed by atoms with Gasteiger partial charge in [-0.05, 0) is 19.1 Å². The number of nitrogens with one attached hydrogen (secondary N) is 1. The van der Waals surface area contributed by atoms with Gasteiger partial charge in [-0.25, -0.2) is 4.79 Å². The fourth-order valence-corrected chi connectivity index (χ4v) is 4.58. The minimum Gasteiger partial charge on any atom is -0.395 e. The van der Waals surface area contributed by atoms with Gasteiger partial charge in [0.15, 0.2) is 0 Å². The lowest BCUT2D eigenvalue weighted by molar-refractivity contribution is 0.202. The average Bonchev–Trinajstić information content (AvgIpc) is 3.06. The number of likely N-dealkylation sites (N-methyl/N-ethyl adjacent to an activating group) is 2. The molecule has 1 aromatic heterocycles. The molecule has 2 aromatic rings. The lowest BCUT2D eigenvalue weighted by atomic mass is 10.0. The largest absolute Gasteiger partial charge is 0.395 e. The van der Waals surface area contributed by atoms with Crippen LogP contribution in [0, 0.1) is 11.3 Å². The van der Waals surface area contributed by atoms with Crippen LogP contribution in [-0.2, 0) is 4.74 Å². The van der Waals surface area contributed by atoms with Crippen LogP contribution in [-0.4, -0.2) is 63.0 Å². The highest BCUT2D eigenvalue weighted by atomic mass is 35.5. The third-order valence-electron chi connectivity index (χ3n) is 4.44. The molecule has 0 aliphatic heterocycles. The molecular weight excluding hydrogens is 447 g/mol. The van der Waals surface area contributed by atoms with E-state index in [1.807, 2.05) is 11.8 Å². The first-order valence-electron chi connectivity index (χ1n) is 9.27. The first-order chi connectivity index (χ1) is 14.4. The van der Waals surface area contributed by atoms with Crippen molar-refractivity contribution in [3.05, 3.63) is 33.8 Å². The van der Waals surface area contributed by atoms with Gasteiger partial charge in [-0.15, -0.1) is 0 Å². The zero-order valence-electron chi connectivity index (χ0n) is 17.0. The van der Waals surface area contributed by atoms with E-state index in [0.29, 0.717) is 51.4 Å². The van der Waals surface area contributed by atoms with Crippen molar-refractivity contribution in [3.63, 3.8) is 0 Å². The van der Waals surface area contributed by atoms with Crippen LogP contribution in [0.15, 0.2) is 18.2 Å². The Labute approximate surface area is 190 Å². The fourth-order valence-electron chi connectivity index (χ4n) is 2.83. The van der Waals surface area contributed by atoms with Crippen molar-refractivity contribution in [3.8, 4) is 17.2 Å². The molecular formula is C20H24Cl2N4O3S. The maximum Gasteiger partial charge on any atom is 0.322 e. The van der Waals surface area contributed by atoms with Gasteiger partial charge in [0.1, 0.15) is 16.1 Å². The number of aliphatic hydroxyl groups is 1. The predicted octanol–water partition coefficient (Wildman–Crippen LogP) is 4.52. The van der Waals surface area contributed by atoms with Gasteiger partial charge >= 0.3 is 6.03 Å². The first kappa shape index (κ1) is 24.3. The molecule has 0 aliphatic carbocycles. The number of ether oxygens (including phenoxy) is 1. The molecule has 10 heteroatoms. The van der Waals surface area contributed by atoms with Crippen LogP contribution in [0.5, 0.6) is 0 Å². The summed E-state index contributed by atoms with van der Waals surface area (Å²) in [6.45, 7) is 3.76. The van der Waals surface area contributed by atoms with E-state index in [1.165, 1.54) is 16.2 Å². The number of urea groups is 1. The molecule has 0 atom stereocenters. The van der Waals surface area contributed by atoms with Gasteiger partial charge < -0.3 is 19.6 Å². The molecule has 1 heterocycles. The van der Waals surface area contributed by atoms with Gasteiger partial charge in [-0.2, -0.15) is 5.26 Å². The Morgan fingerprint density at radius 3 is 2.67 bits per heavy atom. The van der Waals surface area contributed by atoms with E-state index in [1.54, 1.807) is 32.4 Å². The summed E-state index contributed by atoms with van der Waals surface area (Å²) >= 11 is 13.8. The molecule has 2 rings (SSSR count). The standard InChI is InChI=1S/C20H24Cl2N4O3S/c1-4-26(8-10-29-3)19-15(12-23)17(14-6-5-13(21)11-16(14)22)18(30-19)24-20(28)25(2)7-9-27/h5-6,11,27H,4,7-10H2,1-3H3,(H,24,28). The van der Waals surface area contributed by atoms with Gasteiger partial charge in [0.05, 0.1) is 23.8 Å². The zero-order chi connectivity index (χ0) is 22.3. The van der Waals surface area contributed by atoms with Crippen LogP contribution >= 0.6 is 34.5 Å². The highest BCUT2D eigenvalue weighted by Gasteiger charge is 2.26. The molecule has 2 amide bonds. The Morgan fingerprint density at radius 1 is 1.37 bits per heavy atom. The molecule has 7 nitrogen and oxygen atoms in total. The number of carbonyl (C=O) groups excluding carboxylic acids is 1. The Bertz CT molecular complexity index is 930. The second-order valence-electron chi connectivity index (χ2n) is 6.37. The minimum atomic E-state index is -0.396. The summed E-state index contributed by atoms with van der Waals surface area (Å²) in [6, 6.07) is 6.90. The molecule has 0 saturated heterocycles. The molecule has 0 saturated carbocycles. The number of hydrogen-bond acceptors (Lipinski definition) is 6. The van der Waals surface area contributed by atoms with Crippen LogP contribution < -0.4 is 10.2 Å². The Balaban J connectivity index is 2.63. The van der Waals surface area contributed by atoms with Crippen LogP contribution in [0.1, 0.15) is 12.5 Å². The summed E-state index contributed by atoms with van der Waals surface area (Å²) in [5.74, 6) is 0. The summed E-state index contributed by atoms with van der Waals surface area (Å²) in [6.07, 6.45) is 0. The van der Waals surface area contributed by atoms with E-state index in [0.717, 1.165) is 5.00 Å². The van der Waals surface area contributed by atoms with Crippen molar-refractivity contribution in [2.75, 3.05) is 57.2 Å². The number of amides is 2. The number of halogens is 2. The molecule has 162 valence electrons. The summed E-state index contributed by atoms with van der Waals surface area (Å²) < 4.78 is 5.19. The van der Waals surface area contributed by atoms with Gasteiger partial charge in [-0.3, -0.25) is 5.32 Å². The molecule has 0 radical (unpaired) electrons. The molecule has 0 bridgehead atoms. The second kappa shape index (κ2) is 11.4. The lowest BCUT2D eigenvalue weighted by Crippen LogP contribution is -2.33. The molecule has 1 aromatic carbocycles. The maximum atomic E-state index is 12.6. The van der Waals surface area contributed by atoms with Crippen molar-refractivity contribution in [2.24, 2.45) is 0 Å². The summed E-state index contributed by atoms with van der Waals surface area (Å²) in [7, 11) is 3.20. The van der Waals surface area contributed by atoms with Crippen LogP contribution in [0.3, 0.4) is 0 Å². The number of aliphatic hydroxyl groups excluding tert-OH is 1. The number of carbonyl (C=O) groups is 1. The predicted molar refractivity (Wildman–Crippen MR) is 123 cm³/mol. The smallest absolute Gasteiger partial charge is 0.322 e. The SMILES string of the molecule is CCN(CCOC)c1sc(NC(=O)N(C)CCO)c(-c2ccc(Cl)cc2Cl)c1C#N. The number of benzene rings is 1. The highest BCUT2D eigenvalue weighted by molar-refractivity contribution is 7.21. The summed E-state index contributed by atoms with van der Waals surface area (Å²) in [4.78, 5) is 16.0. The molecule has 0 unspecified atom stereocenters. The van der Waals surface area contributed by atoms with E-state index in [4.69, 9.17) is 33.0 Å². The lowest BCUT2D eigenvalue weighted by Gasteiger charge is -2.21. The van der Waals surface area contributed by atoms with Gasteiger partial charge in [0, 0.05) is 49.9 Å². The van der Waals surface area contributed by atoms with Crippen molar-refractivity contribution >= 4 is 50.6 Å². The fraction of sp³-hybridized carbons (Fsp3) is 0.400. The molecule has 30 heavy (non-hydrogen) atoms. The van der Waals surface area contributed by atoms with E-state index >= 15 is 0 Å². The number of hydrogen-bond donors (Lipinski definition) is 2. The van der Waals surface area contributed by atoms with Gasteiger partial charge in [0.25, 0.3) is 0 Å². The maximum absolute atomic E-state index is 12.6. The third kappa shape index (κ3) is 5.56. The molecule has 0 aliphatic rings. The van der Waals surface area contributed by atoms with Crippen LogP contribution in [0.2, 0.25) is 10.0 Å². The van der Waals surface area contributed by atoms with Crippen molar-refractivity contribution < 1.29 is 14.6 Å². The molecule has 0 fully saturated rings. The molecule has 0 spiro atoms. The van der Waals surface area contributed by atoms with Crippen molar-refractivity contribution in [2.45, 2.75) is 6.92 Å². The number of anilines is 2. The Hall–Kier alpha value is -2.02. The monoisotopic (exact) mass is 470 g/mol. The van der Waals surface area contributed by atoms with E-state index in [-0.39, 0.29) is 13.2 Å². The Morgan fingerprint density at radius 2 is 2.10 bits per heavy atom. The topological polar surface area (TPSA) is 88.8 Å². The number of rotatable bonds is 9. The number of methoxy groups -OCH3 is 1. The zero-order valence-corrected chi connectivity index (χ0v) is 19.4. The van der Waals surface area contributed by atoms with Crippen molar-refractivity contribution in [1.82, 2.24) is 4.90 Å². The van der Waals surface area contributed by atoms with E-state index in [9.17, 15) is 10.1 Å². The third-order valence-corrected chi connectivity index (χ3v) is 6.15. The first-order valence-corrected chi connectivity index (χ1v) is 10.8. The van der Waals surface area contributed by atoms with Gasteiger partial charge in [0.2, 0.25) is 0 Å². The minimum absolute atomic E-state index is 0.153. The quantitative estimate of drug-likeness (QED) is 0.562. The summed E-state index contributed by atoms with van der Waals surface area (Å²) in [5, 5.41) is 24.0. The summed E-state index contributed by atoms with van der Waals surface area (Å²) in [5.41, 5.74) is 1.56. The highest BCUT2D eigenvalue weighted by Crippen LogP contribution is 2.47. The van der Waals surface area contributed by atoms with Crippen molar-refractivity contribution in [1.29, 1.82) is 5.26 Å². The normalized spacial score (nSPS) is 10.6. The average molecular weight is 471 g/mol. The van der Waals surface area contributed by atoms with Gasteiger partial charge in [-0.1, -0.05) is 40.6 Å². The Kier molecular flexibility index (Phi) is 9.21. The number of nitriles is 1. The van der Waals surface area contributed by atoms with Crippen LogP contribution in [0.25, 0.3) is 11.1 Å². The molecule has 2 N–H and O–H groups in total. The number of nitrogens with zero attached hydrogens (tertiary/aromatic N) is 3. The number of thiophene rings is 1. The second-order valence-corrected chi connectivity index (χ2v) is 8.21. The van der Waals surface area contributed by atoms with E-state index < -0.39 is 6.03 Å².